The summed E-state index contributed by atoms with van der Waals surface area (Å²) in [7, 11) is 0. The number of rotatable bonds is 48. The molecule has 0 saturated heterocycles. The summed E-state index contributed by atoms with van der Waals surface area (Å²) in [5, 5.41) is 23.8. The Hall–Kier alpha value is -1.66. The third kappa shape index (κ3) is 43.0. The number of aliphatic hydroxyl groups excluding tert-OH is 2. The first-order valence-corrected chi connectivity index (χ1v) is 26.6. The van der Waals surface area contributed by atoms with Gasteiger partial charge < -0.3 is 20.3 Å². The SMILES string of the molecule is CCCCC/C=C\CCCCCC(CC(=O)NC(CO)C(O)CCCCCCCCCCCCCCCCC)OC(=O)CCCCCCC/C=C/CCCCCCCCC. The van der Waals surface area contributed by atoms with Crippen LogP contribution in [0.4, 0.5) is 0 Å². The number of carbonyl (C=O) groups is 2. The van der Waals surface area contributed by atoms with Crippen LogP contribution in [0.5, 0.6) is 0 Å². The first-order valence-electron chi connectivity index (χ1n) is 26.6. The van der Waals surface area contributed by atoms with Crippen molar-refractivity contribution in [3.8, 4) is 0 Å². The predicted octanol–water partition coefficient (Wildman–Crippen LogP) is 15.9. The van der Waals surface area contributed by atoms with Crippen LogP contribution in [-0.4, -0.2) is 46.9 Å². The zero-order valence-corrected chi connectivity index (χ0v) is 40.4. The second-order valence-electron chi connectivity index (χ2n) is 18.3. The van der Waals surface area contributed by atoms with Crippen molar-refractivity contribution in [3.05, 3.63) is 24.3 Å². The molecule has 0 bridgehead atoms. The topological polar surface area (TPSA) is 95.9 Å². The molecule has 3 atom stereocenters. The summed E-state index contributed by atoms with van der Waals surface area (Å²) in [6.07, 6.45) is 55.3. The Kier molecular flexibility index (Phi) is 47.0. The fourth-order valence-electron chi connectivity index (χ4n) is 8.19. The minimum absolute atomic E-state index is 0.0672. The average Bonchev–Trinajstić information content (AvgIpc) is 3.24. The molecular formula is C54H103NO5. The standard InChI is InChI=1S/C54H103NO5/c1-4-7-10-13-16-19-22-24-26-28-30-32-35-38-41-44-47-54(59)60-50(45-42-39-36-33-21-18-15-12-9-6-3)48-53(58)55-51(49-56)52(57)46-43-40-37-34-31-29-27-25-23-20-17-14-11-8-5-2/h18,21,26,28,50-52,56-57H,4-17,19-20,22-25,27,29-49H2,1-3H3,(H,55,58)/b21-18-,28-26+. The van der Waals surface area contributed by atoms with Crippen molar-refractivity contribution in [2.45, 2.75) is 302 Å². The number of allylic oxidation sites excluding steroid dienone is 4. The molecular weight excluding hydrogens is 743 g/mol. The quantitative estimate of drug-likeness (QED) is 0.0322. The molecule has 3 unspecified atom stereocenters. The van der Waals surface area contributed by atoms with Crippen molar-refractivity contribution < 1.29 is 24.5 Å². The van der Waals surface area contributed by atoms with Crippen LogP contribution < -0.4 is 5.32 Å². The van der Waals surface area contributed by atoms with Crippen LogP contribution in [0, 0.1) is 0 Å². The van der Waals surface area contributed by atoms with Crippen molar-refractivity contribution in [1.82, 2.24) is 5.32 Å². The van der Waals surface area contributed by atoms with Crippen molar-refractivity contribution >= 4 is 11.9 Å². The zero-order chi connectivity index (χ0) is 43.8. The van der Waals surface area contributed by atoms with Crippen LogP contribution in [-0.2, 0) is 14.3 Å². The Morgan fingerprint density at radius 2 is 0.800 bits per heavy atom. The van der Waals surface area contributed by atoms with E-state index in [1.54, 1.807) is 0 Å². The van der Waals surface area contributed by atoms with Gasteiger partial charge in [-0.2, -0.15) is 0 Å². The highest BCUT2D eigenvalue weighted by Crippen LogP contribution is 2.18. The van der Waals surface area contributed by atoms with Gasteiger partial charge >= 0.3 is 5.97 Å². The van der Waals surface area contributed by atoms with Crippen molar-refractivity contribution in [3.63, 3.8) is 0 Å². The number of hydrogen-bond acceptors (Lipinski definition) is 5. The van der Waals surface area contributed by atoms with Gasteiger partial charge in [0.2, 0.25) is 5.91 Å². The van der Waals surface area contributed by atoms with Crippen LogP contribution >= 0.6 is 0 Å². The molecule has 0 aromatic carbocycles. The Morgan fingerprint density at radius 1 is 0.467 bits per heavy atom. The lowest BCUT2D eigenvalue weighted by Gasteiger charge is -2.24. The molecule has 0 heterocycles. The maximum Gasteiger partial charge on any atom is 0.306 e. The predicted molar refractivity (Wildman–Crippen MR) is 260 cm³/mol. The highest BCUT2D eigenvalue weighted by Gasteiger charge is 2.24. The third-order valence-electron chi connectivity index (χ3n) is 12.3. The summed E-state index contributed by atoms with van der Waals surface area (Å²) < 4.78 is 5.92. The van der Waals surface area contributed by atoms with E-state index in [4.69, 9.17) is 4.74 Å². The van der Waals surface area contributed by atoms with E-state index in [9.17, 15) is 19.8 Å². The Balaban J connectivity index is 4.47. The summed E-state index contributed by atoms with van der Waals surface area (Å²) in [4.78, 5) is 26.1. The second-order valence-corrected chi connectivity index (χ2v) is 18.3. The molecule has 0 aromatic rings. The summed E-state index contributed by atoms with van der Waals surface area (Å²) in [5.74, 6) is -0.489. The lowest BCUT2D eigenvalue weighted by atomic mass is 10.0. The molecule has 1 amide bonds. The van der Waals surface area contributed by atoms with E-state index in [-0.39, 0.29) is 24.9 Å². The normalized spacial score (nSPS) is 13.3. The van der Waals surface area contributed by atoms with E-state index in [0.717, 1.165) is 70.6 Å². The molecule has 0 saturated carbocycles. The lowest BCUT2D eigenvalue weighted by molar-refractivity contribution is -0.151. The minimum Gasteiger partial charge on any atom is -0.462 e. The molecule has 0 fully saturated rings. The number of amides is 1. The van der Waals surface area contributed by atoms with Crippen LogP contribution in [0.25, 0.3) is 0 Å². The average molecular weight is 846 g/mol. The van der Waals surface area contributed by atoms with E-state index in [0.29, 0.717) is 19.3 Å². The smallest absolute Gasteiger partial charge is 0.306 e. The molecule has 0 aliphatic heterocycles. The van der Waals surface area contributed by atoms with Crippen LogP contribution in [0.2, 0.25) is 0 Å². The molecule has 0 spiro atoms. The van der Waals surface area contributed by atoms with Crippen LogP contribution in [0.1, 0.15) is 284 Å². The molecule has 0 aromatic heterocycles. The highest BCUT2D eigenvalue weighted by atomic mass is 16.5. The van der Waals surface area contributed by atoms with E-state index in [1.807, 2.05) is 0 Å². The molecule has 0 aliphatic carbocycles. The van der Waals surface area contributed by atoms with Gasteiger partial charge in [0.1, 0.15) is 6.10 Å². The Bertz CT molecular complexity index is 950. The van der Waals surface area contributed by atoms with Gasteiger partial charge in [-0.1, -0.05) is 218 Å². The molecule has 0 rings (SSSR count). The van der Waals surface area contributed by atoms with Crippen LogP contribution in [0.15, 0.2) is 24.3 Å². The fraction of sp³-hybridized carbons (Fsp3) is 0.889. The van der Waals surface area contributed by atoms with E-state index in [1.165, 1.54) is 167 Å². The van der Waals surface area contributed by atoms with E-state index >= 15 is 0 Å². The summed E-state index contributed by atoms with van der Waals surface area (Å²) in [6.45, 7) is 6.47. The maximum absolute atomic E-state index is 13.2. The lowest BCUT2D eigenvalue weighted by Crippen LogP contribution is -2.46. The molecule has 6 heteroatoms. The third-order valence-corrected chi connectivity index (χ3v) is 12.3. The molecule has 0 aliphatic rings. The summed E-state index contributed by atoms with van der Waals surface area (Å²) >= 11 is 0. The number of nitrogens with one attached hydrogen (secondary N) is 1. The van der Waals surface area contributed by atoms with Crippen molar-refractivity contribution in [2.75, 3.05) is 6.61 Å². The number of aliphatic hydroxyl groups is 2. The van der Waals surface area contributed by atoms with E-state index < -0.39 is 18.2 Å². The molecule has 3 N–H and O–H groups in total. The molecule has 6 nitrogen and oxygen atoms in total. The number of hydrogen-bond donors (Lipinski definition) is 3. The van der Waals surface area contributed by atoms with Gasteiger partial charge in [-0.25, -0.2) is 0 Å². The number of ether oxygens (including phenoxy) is 1. The van der Waals surface area contributed by atoms with Crippen LogP contribution in [0.3, 0.4) is 0 Å². The van der Waals surface area contributed by atoms with E-state index in [2.05, 4.69) is 50.4 Å². The van der Waals surface area contributed by atoms with Crippen molar-refractivity contribution in [2.24, 2.45) is 0 Å². The summed E-state index contributed by atoms with van der Waals surface area (Å²) in [5.41, 5.74) is 0. The van der Waals surface area contributed by atoms with Gasteiger partial charge in [0.15, 0.2) is 0 Å². The van der Waals surface area contributed by atoms with Gasteiger partial charge in [0.05, 0.1) is 25.2 Å². The zero-order valence-electron chi connectivity index (χ0n) is 40.4. The number of carbonyl (C=O) groups excluding carboxylic acids is 2. The fourth-order valence-corrected chi connectivity index (χ4v) is 8.19. The van der Waals surface area contributed by atoms with Gasteiger partial charge in [-0.05, 0) is 77.0 Å². The Morgan fingerprint density at radius 3 is 1.23 bits per heavy atom. The van der Waals surface area contributed by atoms with Gasteiger partial charge in [-0.15, -0.1) is 0 Å². The first-order chi connectivity index (χ1) is 29.5. The number of unbranched alkanes of at least 4 members (excludes halogenated alkanes) is 32. The first kappa shape index (κ1) is 58.3. The molecule has 0 radical (unpaired) electrons. The maximum atomic E-state index is 13.2. The highest BCUT2D eigenvalue weighted by molar-refractivity contribution is 5.77. The second kappa shape index (κ2) is 48.4. The minimum atomic E-state index is -0.789. The monoisotopic (exact) mass is 846 g/mol. The van der Waals surface area contributed by atoms with Gasteiger partial charge in [0, 0.05) is 6.42 Å². The molecule has 354 valence electrons. The summed E-state index contributed by atoms with van der Waals surface area (Å²) in [6, 6.07) is -0.704. The largest absolute Gasteiger partial charge is 0.462 e. The molecule has 60 heavy (non-hydrogen) atoms. The van der Waals surface area contributed by atoms with Crippen molar-refractivity contribution in [1.29, 1.82) is 0 Å². The Labute approximate surface area is 373 Å². The van der Waals surface area contributed by atoms with Gasteiger partial charge in [0.25, 0.3) is 0 Å². The number of esters is 1. The van der Waals surface area contributed by atoms with Gasteiger partial charge in [-0.3, -0.25) is 9.59 Å².